The molecule has 0 N–H and O–H groups in total. The number of hydrogen-bond donors (Lipinski definition) is 0. The molecule has 3 nitrogen and oxygen atoms in total. The average Bonchev–Trinajstić information content (AvgIpc) is 2.43. The molecule has 24 heavy (non-hydrogen) atoms. The van der Waals surface area contributed by atoms with Crippen LogP contribution in [0.25, 0.3) is 0 Å². The Morgan fingerprint density at radius 1 is 0.875 bits per heavy atom. The van der Waals surface area contributed by atoms with Gasteiger partial charge in [-0.3, -0.25) is 4.79 Å². The third-order valence-corrected chi connectivity index (χ3v) is 3.57. The number of carbonyl (C=O) groups is 1. The quantitative estimate of drug-likeness (QED) is 0.733. The van der Waals surface area contributed by atoms with E-state index in [9.17, 15) is 4.79 Å². The fourth-order valence-corrected chi connectivity index (χ4v) is 2.67. The van der Waals surface area contributed by atoms with Gasteiger partial charge in [0.05, 0.1) is 0 Å². The molecule has 0 amide bonds. The van der Waals surface area contributed by atoms with Gasteiger partial charge in [-0.2, -0.15) is 0 Å². The lowest BCUT2D eigenvalue weighted by Gasteiger charge is -2.27. The summed E-state index contributed by atoms with van der Waals surface area (Å²) in [4.78, 5) is 14.4. The van der Waals surface area contributed by atoms with E-state index >= 15 is 0 Å². The van der Waals surface area contributed by atoms with Gasteiger partial charge in [0, 0.05) is 11.4 Å². The van der Waals surface area contributed by atoms with Gasteiger partial charge in [-0.15, -0.1) is 0 Å². The van der Waals surface area contributed by atoms with Crippen LogP contribution < -0.4 is 4.90 Å². The maximum absolute atomic E-state index is 12.4. The molecule has 0 heterocycles. The van der Waals surface area contributed by atoms with E-state index < -0.39 is 5.60 Å². The van der Waals surface area contributed by atoms with E-state index in [-0.39, 0.29) is 12.5 Å². The molecule has 0 atom stereocenters. The van der Waals surface area contributed by atoms with E-state index in [1.165, 1.54) is 16.7 Å². The highest BCUT2D eigenvalue weighted by atomic mass is 16.6. The number of ether oxygens (including phenoxy) is 1. The van der Waals surface area contributed by atoms with Crippen LogP contribution in [-0.2, 0) is 9.53 Å². The van der Waals surface area contributed by atoms with Gasteiger partial charge in [-0.05, 0) is 76.9 Å². The largest absolute Gasteiger partial charge is 0.459 e. The third-order valence-electron chi connectivity index (χ3n) is 3.57. The zero-order valence-electron chi connectivity index (χ0n) is 15.5. The molecule has 0 aromatic heterocycles. The van der Waals surface area contributed by atoms with Crippen molar-refractivity contribution in [3.63, 3.8) is 0 Å². The van der Waals surface area contributed by atoms with Gasteiger partial charge >= 0.3 is 5.97 Å². The zero-order chi connectivity index (χ0) is 17.9. The van der Waals surface area contributed by atoms with Crippen LogP contribution in [0.4, 0.5) is 11.4 Å². The SMILES string of the molecule is Cc1ccc(N(CC(=O)OC(C)(C)C)c2cc(C)cc(C)c2)cc1. The second kappa shape index (κ2) is 7.08. The molecular formula is C21H27NO2. The zero-order valence-corrected chi connectivity index (χ0v) is 15.5. The van der Waals surface area contributed by atoms with Gasteiger partial charge < -0.3 is 9.64 Å². The van der Waals surface area contributed by atoms with E-state index in [1.807, 2.05) is 37.8 Å². The number of aryl methyl sites for hydroxylation is 3. The topological polar surface area (TPSA) is 29.5 Å². The summed E-state index contributed by atoms with van der Waals surface area (Å²) >= 11 is 0. The standard InChI is InChI=1S/C21H27NO2/c1-15-7-9-18(10-8-15)22(14-20(23)24-21(4,5)6)19-12-16(2)11-17(3)13-19/h7-13H,14H2,1-6H3. The number of nitrogens with zero attached hydrogens (tertiary/aromatic N) is 1. The monoisotopic (exact) mass is 325 g/mol. The van der Waals surface area contributed by atoms with Crippen LogP contribution in [0, 0.1) is 20.8 Å². The highest BCUT2D eigenvalue weighted by molar-refractivity contribution is 5.80. The lowest BCUT2D eigenvalue weighted by molar-refractivity contribution is -0.152. The second-order valence-corrected chi connectivity index (χ2v) is 7.35. The van der Waals surface area contributed by atoms with Gasteiger partial charge in [-0.25, -0.2) is 0 Å². The Kier molecular flexibility index (Phi) is 5.33. The van der Waals surface area contributed by atoms with Crippen molar-refractivity contribution in [2.45, 2.75) is 47.1 Å². The molecular weight excluding hydrogens is 298 g/mol. The van der Waals surface area contributed by atoms with E-state index in [2.05, 4.69) is 51.1 Å². The maximum Gasteiger partial charge on any atom is 0.326 e. The Bertz CT molecular complexity index is 691. The number of benzene rings is 2. The van der Waals surface area contributed by atoms with Gasteiger partial charge in [0.2, 0.25) is 0 Å². The van der Waals surface area contributed by atoms with Crippen molar-refractivity contribution in [3.05, 3.63) is 59.2 Å². The number of esters is 1. The second-order valence-electron chi connectivity index (χ2n) is 7.35. The molecule has 0 saturated carbocycles. The van der Waals surface area contributed by atoms with Crippen LogP contribution in [0.5, 0.6) is 0 Å². The number of anilines is 2. The average molecular weight is 325 g/mol. The van der Waals surface area contributed by atoms with Gasteiger partial charge in [0.15, 0.2) is 0 Å². The molecule has 0 radical (unpaired) electrons. The van der Waals surface area contributed by atoms with Crippen LogP contribution >= 0.6 is 0 Å². The van der Waals surface area contributed by atoms with E-state index in [0.717, 1.165) is 11.4 Å². The number of rotatable bonds is 4. The normalized spacial score (nSPS) is 11.2. The fraction of sp³-hybridized carbons (Fsp3) is 0.381. The van der Waals surface area contributed by atoms with Crippen LogP contribution in [-0.4, -0.2) is 18.1 Å². The van der Waals surface area contributed by atoms with Crippen LogP contribution in [0.1, 0.15) is 37.5 Å². The van der Waals surface area contributed by atoms with Crippen molar-refractivity contribution >= 4 is 17.3 Å². The Morgan fingerprint density at radius 3 is 1.92 bits per heavy atom. The highest BCUT2D eigenvalue weighted by Gasteiger charge is 2.20. The molecule has 0 spiro atoms. The molecule has 0 fully saturated rings. The van der Waals surface area contributed by atoms with Crippen LogP contribution in [0.15, 0.2) is 42.5 Å². The minimum atomic E-state index is -0.488. The first-order valence-electron chi connectivity index (χ1n) is 8.28. The Morgan fingerprint density at radius 2 is 1.42 bits per heavy atom. The molecule has 0 aliphatic heterocycles. The van der Waals surface area contributed by atoms with Crippen LogP contribution in [0.2, 0.25) is 0 Å². The molecule has 0 saturated heterocycles. The van der Waals surface area contributed by atoms with Crippen molar-refractivity contribution in [1.82, 2.24) is 0 Å². The molecule has 2 aromatic rings. The highest BCUT2D eigenvalue weighted by Crippen LogP contribution is 2.28. The van der Waals surface area contributed by atoms with E-state index in [1.54, 1.807) is 0 Å². The predicted octanol–water partition coefficient (Wildman–Crippen LogP) is 5.09. The molecule has 0 aliphatic carbocycles. The summed E-state index contributed by atoms with van der Waals surface area (Å²) < 4.78 is 5.51. The Balaban J connectivity index is 2.37. The van der Waals surface area contributed by atoms with Crippen molar-refractivity contribution in [2.24, 2.45) is 0 Å². The summed E-state index contributed by atoms with van der Waals surface area (Å²) in [5, 5.41) is 0. The molecule has 0 aliphatic rings. The summed E-state index contributed by atoms with van der Waals surface area (Å²) in [6.45, 7) is 12.0. The first-order valence-corrected chi connectivity index (χ1v) is 8.28. The number of carbonyl (C=O) groups excluding carboxylic acids is 1. The first-order chi connectivity index (χ1) is 11.1. The van der Waals surface area contributed by atoms with Gasteiger partial charge in [0.25, 0.3) is 0 Å². The molecule has 0 bridgehead atoms. The minimum Gasteiger partial charge on any atom is -0.459 e. The van der Waals surface area contributed by atoms with Crippen molar-refractivity contribution < 1.29 is 9.53 Å². The smallest absolute Gasteiger partial charge is 0.326 e. The molecule has 128 valence electrons. The molecule has 3 heteroatoms. The van der Waals surface area contributed by atoms with Gasteiger partial charge in [-0.1, -0.05) is 23.8 Å². The predicted molar refractivity (Wildman–Crippen MR) is 99.9 cm³/mol. The van der Waals surface area contributed by atoms with E-state index in [0.29, 0.717) is 0 Å². The third kappa shape index (κ3) is 5.12. The minimum absolute atomic E-state index is 0.184. The fourth-order valence-electron chi connectivity index (χ4n) is 2.67. The first kappa shape index (κ1) is 18.1. The van der Waals surface area contributed by atoms with Gasteiger partial charge in [0.1, 0.15) is 12.1 Å². The summed E-state index contributed by atoms with van der Waals surface area (Å²) in [7, 11) is 0. The van der Waals surface area contributed by atoms with Crippen molar-refractivity contribution in [3.8, 4) is 0 Å². The Hall–Kier alpha value is -2.29. The number of hydrogen-bond acceptors (Lipinski definition) is 3. The van der Waals surface area contributed by atoms with Crippen molar-refractivity contribution in [2.75, 3.05) is 11.4 Å². The summed E-state index contributed by atoms with van der Waals surface area (Å²) in [6.07, 6.45) is 0. The van der Waals surface area contributed by atoms with Crippen molar-refractivity contribution in [1.29, 1.82) is 0 Å². The summed E-state index contributed by atoms with van der Waals surface area (Å²) in [5.41, 5.74) is 5.03. The lowest BCUT2D eigenvalue weighted by atomic mass is 10.1. The molecule has 2 rings (SSSR count). The Labute approximate surface area is 145 Å². The molecule has 0 unspecified atom stereocenters. The molecule has 2 aromatic carbocycles. The summed E-state index contributed by atoms with van der Waals surface area (Å²) in [6, 6.07) is 14.5. The van der Waals surface area contributed by atoms with Crippen LogP contribution in [0.3, 0.4) is 0 Å². The lowest BCUT2D eigenvalue weighted by Crippen LogP contribution is -2.32. The van der Waals surface area contributed by atoms with E-state index in [4.69, 9.17) is 4.74 Å². The summed E-state index contributed by atoms with van der Waals surface area (Å²) in [5.74, 6) is -0.234. The maximum atomic E-state index is 12.4.